The zero-order chi connectivity index (χ0) is 18.3. The van der Waals surface area contributed by atoms with E-state index >= 15 is 4.39 Å². The van der Waals surface area contributed by atoms with Gasteiger partial charge in [-0.05, 0) is 50.1 Å². The minimum Gasteiger partial charge on any atom is -0.434 e. The van der Waals surface area contributed by atoms with E-state index in [2.05, 4.69) is 20.1 Å². The minimum absolute atomic E-state index is 0.111. The number of hydrogen-bond acceptors (Lipinski definition) is 5. The molecule has 0 saturated carbocycles. The molecule has 3 heterocycles. The molecule has 4 aromatic rings. The lowest BCUT2D eigenvalue weighted by atomic mass is 9.97. The fraction of sp³-hybridized carbons (Fsp3) is 0.158. The van der Waals surface area contributed by atoms with E-state index in [0.29, 0.717) is 17.0 Å². The smallest absolute Gasteiger partial charge is 0.247 e. The van der Waals surface area contributed by atoms with Gasteiger partial charge in [-0.15, -0.1) is 0 Å². The van der Waals surface area contributed by atoms with Gasteiger partial charge < -0.3 is 4.74 Å². The van der Waals surface area contributed by atoms with Crippen LogP contribution in [0.5, 0.6) is 11.6 Å². The number of halogens is 1. The first kappa shape index (κ1) is 16.1. The summed E-state index contributed by atoms with van der Waals surface area (Å²) in [6, 6.07) is 7.05. The fourth-order valence-electron chi connectivity index (χ4n) is 3.02. The van der Waals surface area contributed by atoms with Gasteiger partial charge in [-0.2, -0.15) is 10.1 Å². The quantitative estimate of drug-likeness (QED) is 0.558. The maximum Gasteiger partial charge on any atom is 0.247 e. The molecule has 7 heteroatoms. The maximum absolute atomic E-state index is 15.0. The number of aryl methyl sites for hydroxylation is 2. The molecule has 0 atom stereocenters. The van der Waals surface area contributed by atoms with E-state index in [0.717, 1.165) is 22.5 Å². The SMILES string of the molecule is Cc1ncnc(C)c1-c1ccc(Oc2ncnn3cccc23)c(F)c1C. The van der Waals surface area contributed by atoms with Crippen molar-refractivity contribution in [2.75, 3.05) is 0 Å². The van der Waals surface area contributed by atoms with Gasteiger partial charge in [0, 0.05) is 23.1 Å². The van der Waals surface area contributed by atoms with E-state index in [1.165, 1.54) is 12.7 Å². The van der Waals surface area contributed by atoms with Crippen LogP contribution in [-0.4, -0.2) is 24.6 Å². The second-order valence-corrected chi connectivity index (χ2v) is 5.97. The van der Waals surface area contributed by atoms with E-state index in [9.17, 15) is 0 Å². The lowest BCUT2D eigenvalue weighted by Gasteiger charge is -2.14. The molecule has 0 unspecified atom stereocenters. The molecule has 0 bridgehead atoms. The number of fused-ring (bicyclic) bond motifs is 1. The molecule has 0 aliphatic carbocycles. The van der Waals surface area contributed by atoms with E-state index in [1.807, 2.05) is 32.0 Å². The third kappa shape index (κ3) is 2.57. The molecule has 0 spiro atoms. The summed E-state index contributed by atoms with van der Waals surface area (Å²) >= 11 is 0. The van der Waals surface area contributed by atoms with Crippen molar-refractivity contribution in [3.8, 4) is 22.8 Å². The number of hydrogen-bond donors (Lipinski definition) is 0. The van der Waals surface area contributed by atoms with Crippen molar-refractivity contribution in [3.05, 3.63) is 65.9 Å². The van der Waals surface area contributed by atoms with Gasteiger partial charge in [0.25, 0.3) is 0 Å². The Balaban J connectivity index is 1.79. The zero-order valence-electron chi connectivity index (χ0n) is 14.6. The summed E-state index contributed by atoms with van der Waals surface area (Å²) in [4.78, 5) is 12.6. The lowest BCUT2D eigenvalue weighted by Crippen LogP contribution is -2.01. The first-order valence-electron chi connectivity index (χ1n) is 8.10. The van der Waals surface area contributed by atoms with E-state index < -0.39 is 5.82 Å². The number of rotatable bonds is 3. The Labute approximate surface area is 149 Å². The molecule has 0 aliphatic heterocycles. The average molecular weight is 349 g/mol. The Morgan fingerprint density at radius 2 is 1.73 bits per heavy atom. The summed E-state index contributed by atoms with van der Waals surface area (Å²) < 4.78 is 22.4. The highest BCUT2D eigenvalue weighted by Gasteiger charge is 2.17. The van der Waals surface area contributed by atoms with Gasteiger partial charge in [0.15, 0.2) is 11.6 Å². The van der Waals surface area contributed by atoms with Crippen LogP contribution in [0.15, 0.2) is 43.1 Å². The molecule has 1 aromatic carbocycles. The molecule has 0 N–H and O–H groups in total. The molecule has 0 radical (unpaired) electrons. The van der Waals surface area contributed by atoms with Gasteiger partial charge in [-0.25, -0.2) is 18.9 Å². The predicted octanol–water partition coefficient (Wildman–Crippen LogP) is 4.04. The van der Waals surface area contributed by atoms with Gasteiger partial charge >= 0.3 is 0 Å². The zero-order valence-corrected chi connectivity index (χ0v) is 14.6. The van der Waals surface area contributed by atoms with Gasteiger partial charge in [0.2, 0.25) is 5.88 Å². The van der Waals surface area contributed by atoms with Crippen molar-refractivity contribution in [2.24, 2.45) is 0 Å². The fourth-order valence-corrected chi connectivity index (χ4v) is 3.02. The molecular formula is C19H16FN5O. The van der Waals surface area contributed by atoms with E-state index in [1.54, 1.807) is 23.7 Å². The molecular weight excluding hydrogens is 333 g/mol. The maximum atomic E-state index is 15.0. The van der Waals surface area contributed by atoms with Crippen LogP contribution in [0.1, 0.15) is 17.0 Å². The molecule has 3 aromatic heterocycles. The summed E-state index contributed by atoms with van der Waals surface area (Å²) in [7, 11) is 0. The normalized spacial score (nSPS) is 11.1. The van der Waals surface area contributed by atoms with Crippen LogP contribution in [0.4, 0.5) is 4.39 Å². The Hall–Kier alpha value is -3.35. The second-order valence-electron chi connectivity index (χ2n) is 5.97. The minimum atomic E-state index is -0.437. The van der Waals surface area contributed by atoms with Crippen molar-refractivity contribution in [1.29, 1.82) is 0 Å². The summed E-state index contributed by atoms with van der Waals surface area (Å²) in [5.74, 6) is -0.0277. The Morgan fingerprint density at radius 1 is 0.962 bits per heavy atom. The third-order valence-electron chi connectivity index (χ3n) is 4.35. The summed E-state index contributed by atoms with van der Waals surface area (Å²) in [5.41, 5.74) is 4.34. The van der Waals surface area contributed by atoms with Crippen molar-refractivity contribution in [3.63, 3.8) is 0 Å². The molecule has 4 rings (SSSR count). The molecule has 0 amide bonds. The monoisotopic (exact) mass is 349 g/mol. The highest BCUT2D eigenvalue weighted by Crippen LogP contribution is 2.35. The van der Waals surface area contributed by atoms with Crippen LogP contribution in [0.25, 0.3) is 16.6 Å². The van der Waals surface area contributed by atoms with Crippen molar-refractivity contribution < 1.29 is 9.13 Å². The summed E-state index contributed by atoms with van der Waals surface area (Å²) in [5, 5.41) is 4.07. The first-order chi connectivity index (χ1) is 12.6. The van der Waals surface area contributed by atoms with E-state index in [4.69, 9.17) is 4.74 Å². The molecule has 0 saturated heterocycles. The molecule has 130 valence electrons. The molecule has 26 heavy (non-hydrogen) atoms. The van der Waals surface area contributed by atoms with Crippen LogP contribution in [-0.2, 0) is 0 Å². The van der Waals surface area contributed by atoms with Crippen LogP contribution in [0.3, 0.4) is 0 Å². The number of nitrogens with zero attached hydrogens (tertiary/aromatic N) is 5. The van der Waals surface area contributed by atoms with Gasteiger partial charge in [0.1, 0.15) is 18.2 Å². The van der Waals surface area contributed by atoms with Crippen molar-refractivity contribution in [2.45, 2.75) is 20.8 Å². The summed E-state index contributed by atoms with van der Waals surface area (Å²) in [6.45, 7) is 5.49. The topological polar surface area (TPSA) is 65.2 Å². The highest BCUT2D eigenvalue weighted by atomic mass is 19.1. The van der Waals surface area contributed by atoms with Crippen LogP contribution in [0, 0.1) is 26.6 Å². The van der Waals surface area contributed by atoms with Crippen LogP contribution >= 0.6 is 0 Å². The van der Waals surface area contributed by atoms with Crippen LogP contribution in [0.2, 0.25) is 0 Å². The first-order valence-corrected chi connectivity index (χ1v) is 8.10. The van der Waals surface area contributed by atoms with Crippen molar-refractivity contribution >= 4 is 5.52 Å². The second kappa shape index (κ2) is 6.18. The van der Waals surface area contributed by atoms with Gasteiger partial charge in [-0.1, -0.05) is 6.07 Å². The number of ether oxygens (including phenoxy) is 1. The standard InChI is InChI=1S/C19H16FN5O/c1-11-14(17-12(2)21-9-22-13(17)3)6-7-16(18(11)20)26-19-15-5-4-8-25(15)24-10-23-19/h4-10H,1-3H3. The van der Waals surface area contributed by atoms with Crippen LogP contribution < -0.4 is 4.74 Å². The van der Waals surface area contributed by atoms with Gasteiger partial charge in [-0.3, -0.25) is 0 Å². The lowest BCUT2D eigenvalue weighted by molar-refractivity contribution is 0.426. The highest BCUT2D eigenvalue weighted by molar-refractivity contribution is 5.72. The number of aromatic nitrogens is 5. The largest absolute Gasteiger partial charge is 0.434 e. The number of benzene rings is 1. The Bertz CT molecular complexity index is 1100. The third-order valence-corrected chi connectivity index (χ3v) is 4.35. The Morgan fingerprint density at radius 3 is 2.50 bits per heavy atom. The predicted molar refractivity (Wildman–Crippen MR) is 94.7 cm³/mol. The average Bonchev–Trinajstić information content (AvgIpc) is 3.10. The summed E-state index contributed by atoms with van der Waals surface area (Å²) in [6.07, 6.45) is 4.65. The molecule has 6 nitrogen and oxygen atoms in total. The Kier molecular flexibility index (Phi) is 3.84. The van der Waals surface area contributed by atoms with Crippen molar-refractivity contribution in [1.82, 2.24) is 24.6 Å². The molecule has 0 fully saturated rings. The molecule has 0 aliphatic rings. The van der Waals surface area contributed by atoms with E-state index in [-0.39, 0.29) is 5.75 Å². The van der Waals surface area contributed by atoms with Gasteiger partial charge in [0.05, 0.1) is 0 Å².